The minimum absolute atomic E-state index is 0.113. The van der Waals surface area contributed by atoms with Crippen molar-refractivity contribution in [3.8, 4) is 0 Å². The van der Waals surface area contributed by atoms with E-state index >= 15 is 0 Å². The minimum atomic E-state index is 0.113. The molecule has 0 bridgehead atoms. The van der Waals surface area contributed by atoms with Crippen LogP contribution in [0.3, 0.4) is 0 Å². The molecular formula is C9H17NO. The lowest BCUT2D eigenvalue weighted by molar-refractivity contribution is 0.0848. The van der Waals surface area contributed by atoms with E-state index in [1.165, 1.54) is 0 Å². The van der Waals surface area contributed by atoms with E-state index in [-0.39, 0.29) is 6.04 Å². The van der Waals surface area contributed by atoms with Crippen molar-refractivity contribution in [3.63, 3.8) is 0 Å². The first-order chi connectivity index (χ1) is 5.29. The number of hydrogen-bond donors (Lipinski definition) is 1. The zero-order valence-electron chi connectivity index (χ0n) is 7.12. The van der Waals surface area contributed by atoms with Gasteiger partial charge < -0.3 is 10.5 Å². The SMILES string of the molecule is C=CC(N)C1CCOC1CC. The van der Waals surface area contributed by atoms with Crippen LogP contribution in [0.25, 0.3) is 0 Å². The predicted octanol–water partition coefficient (Wildman–Crippen LogP) is 1.31. The van der Waals surface area contributed by atoms with Crippen LogP contribution in [-0.2, 0) is 4.74 Å². The Labute approximate surface area is 68.4 Å². The van der Waals surface area contributed by atoms with Gasteiger partial charge in [-0.15, -0.1) is 6.58 Å². The molecule has 11 heavy (non-hydrogen) atoms. The fourth-order valence-electron chi connectivity index (χ4n) is 1.70. The molecule has 0 radical (unpaired) electrons. The van der Waals surface area contributed by atoms with E-state index < -0.39 is 0 Å². The van der Waals surface area contributed by atoms with E-state index in [4.69, 9.17) is 10.5 Å². The summed E-state index contributed by atoms with van der Waals surface area (Å²) in [5.74, 6) is 0.498. The average Bonchev–Trinajstić information content (AvgIpc) is 2.50. The summed E-state index contributed by atoms with van der Waals surface area (Å²) in [5.41, 5.74) is 5.85. The zero-order valence-corrected chi connectivity index (χ0v) is 7.12. The summed E-state index contributed by atoms with van der Waals surface area (Å²) in [6.07, 6.45) is 4.34. The molecule has 2 heteroatoms. The lowest BCUT2D eigenvalue weighted by Gasteiger charge is -2.20. The molecule has 1 fully saturated rings. The molecule has 3 atom stereocenters. The summed E-state index contributed by atoms with van der Waals surface area (Å²) >= 11 is 0. The number of ether oxygens (including phenoxy) is 1. The van der Waals surface area contributed by atoms with Gasteiger partial charge in [0.2, 0.25) is 0 Å². The zero-order chi connectivity index (χ0) is 8.27. The first kappa shape index (κ1) is 8.75. The second-order valence-electron chi connectivity index (χ2n) is 3.08. The van der Waals surface area contributed by atoms with E-state index in [2.05, 4.69) is 13.5 Å². The largest absolute Gasteiger partial charge is 0.378 e. The van der Waals surface area contributed by atoms with Crippen LogP contribution in [0, 0.1) is 5.92 Å². The van der Waals surface area contributed by atoms with Gasteiger partial charge in [0, 0.05) is 18.6 Å². The highest BCUT2D eigenvalue weighted by Gasteiger charge is 2.29. The smallest absolute Gasteiger partial charge is 0.0619 e. The Balaban J connectivity index is 2.48. The van der Waals surface area contributed by atoms with E-state index in [9.17, 15) is 0 Å². The Bertz CT molecular complexity index is 136. The number of hydrogen-bond acceptors (Lipinski definition) is 2. The Morgan fingerprint density at radius 3 is 3.09 bits per heavy atom. The highest BCUT2D eigenvalue weighted by Crippen LogP contribution is 2.25. The van der Waals surface area contributed by atoms with Crippen LogP contribution in [0.2, 0.25) is 0 Å². The minimum Gasteiger partial charge on any atom is -0.378 e. The topological polar surface area (TPSA) is 35.2 Å². The Hall–Kier alpha value is -0.340. The predicted molar refractivity (Wildman–Crippen MR) is 46.3 cm³/mol. The van der Waals surface area contributed by atoms with Gasteiger partial charge in [0.05, 0.1) is 6.10 Å². The van der Waals surface area contributed by atoms with Gasteiger partial charge in [-0.2, -0.15) is 0 Å². The maximum atomic E-state index is 5.85. The third-order valence-electron chi connectivity index (χ3n) is 2.43. The second kappa shape index (κ2) is 3.88. The van der Waals surface area contributed by atoms with Crippen molar-refractivity contribution in [2.24, 2.45) is 11.7 Å². The van der Waals surface area contributed by atoms with Crippen LogP contribution in [0.1, 0.15) is 19.8 Å². The van der Waals surface area contributed by atoms with E-state index in [0.29, 0.717) is 12.0 Å². The molecule has 1 aliphatic heterocycles. The van der Waals surface area contributed by atoms with Gasteiger partial charge in [-0.3, -0.25) is 0 Å². The monoisotopic (exact) mass is 155 g/mol. The molecule has 64 valence electrons. The van der Waals surface area contributed by atoms with Crippen molar-refractivity contribution < 1.29 is 4.74 Å². The van der Waals surface area contributed by atoms with Crippen molar-refractivity contribution >= 4 is 0 Å². The molecule has 2 nitrogen and oxygen atoms in total. The Kier molecular flexibility index (Phi) is 3.09. The van der Waals surface area contributed by atoms with Crippen LogP contribution < -0.4 is 5.73 Å². The quantitative estimate of drug-likeness (QED) is 0.624. The Morgan fingerprint density at radius 1 is 1.82 bits per heavy atom. The van der Waals surface area contributed by atoms with Crippen molar-refractivity contribution in [1.82, 2.24) is 0 Å². The highest BCUT2D eigenvalue weighted by molar-refractivity contribution is 4.93. The lowest BCUT2D eigenvalue weighted by atomic mass is 9.92. The molecule has 0 aromatic rings. The summed E-state index contributed by atoms with van der Waals surface area (Å²) in [4.78, 5) is 0. The number of nitrogens with two attached hydrogens (primary N) is 1. The molecule has 0 saturated carbocycles. The first-order valence-corrected chi connectivity index (χ1v) is 4.29. The summed E-state index contributed by atoms with van der Waals surface area (Å²) in [5, 5.41) is 0. The highest BCUT2D eigenvalue weighted by atomic mass is 16.5. The molecule has 1 aliphatic rings. The van der Waals surface area contributed by atoms with Crippen LogP contribution >= 0.6 is 0 Å². The van der Waals surface area contributed by atoms with Crippen molar-refractivity contribution in [1.29, 1.82) is 0 Å². The molecule has 0 amide bonds. The van der Waals surface area contributed by atoms with Gasteiger partial charge in [0.15, 0.2) is 0 Å². The summed E-state index contributed by atoms with van der Waals surface area (Å²) in [6.45, 7) is 6.70. The van der Waals surface area contributed by atoms with Gasteiger partial charge in [-0.1, -0.05) is 13.0 Å². The standard InChI is InChI=1S/C9H17NO/c1-3-8(10)7-5-6-11-9(7)4-2/h3,7-9H,1,4-6,10H2,2H3. The summed E-state index contributed by atoms with van der Waals surface area (Å²) in [6, 6.07) is 0.113. The molecule has 0 spiro atoms. The van der Waals surface area contributed by atoms with Crippen molar-refractivity contribution in [3.05, 3.63) is 12.7 Å². The van der Waals surface area contributed by atoms with Gasteiger partial charge in [0.1, 0.15) is 0 Å². The molecule has 0 aromatic carbocycles. The van der Waals surface area contributed by atoms with E-state index in [0.717, 1.165) is 19.4 Å². The molecule has 1 rings (SSSR count). The Morgan fingerprint density at radius 2 is 2.55 bits per heavy atom. The fraction of sp³-hybridized carbons (Fsp3) is 0.778. The fourth-order valence-corrected chi connectivity index (χ4v) is 1.70. The second-order valence-corrected chi connectivity index (χ2v) is 3.08. The van der Waals surface area contributed by atoms with Crippen molar-refractivity contribution in [2.45, 2.75) is 31.9 Å². The summed E-state index contributed by atoms with van der Waals surface area (Å²) < 4.78 is 5.51. The van der Waals surface area contributed by atoms with Crippen LogP contribution in [0.5, 0.6) is 0 Å². The van der Waals surface area contributed by atoms with Gasteiger partial charge >= 0.3 is 0 Å². The van der Waals surface area contributed by atoms with Gasteiger partial charge in [-0.05, 0) is 12.8 Å². The van der Waals surface area contributed by atoms with Crippen LogP contribution in [0.15, 0.2) is 12.7 Å². The van der Waals surface area contributed by atoms with Gasteiger partial charge in [-0.25, -0.2) is 0 Å². The van der Waals surface area contributed by atoms with E-state index in [1.807, 2.05) is 6.08 Å². The summed E-state index contributed by atoms with van der Waals surface area (Å²) in [7, 11) is 0. The molecule has 1 heterocycles. The first-order valence-electron chi connectivity index (χ1n) is 4.29. The molecule has 1 saturated heterocycles. The normalized spacial score (nSPS) is 33.6. The molecule has 3 unspecified atom stereocenters. The van der Waals surface area contributed by atoms with Gasteiger partial charge in [0.25, 0.3) is 0 Å². The maximum Gasteiger partial charge on any atom is 0.0619 e. The maximum absolute atomic E-state index is 5.85. The average molecular weight is 155 g/mol. The third kappa shape index (κ3) is 1.82. The molecule has 0 aromatic heterocycles. The van der Waals surface area contributed by atoms with Crippen LogP contribution in [-0.4, -0.2) is 18.8 Å². The number of rotatable bonds is 3. The molecule has 2 N–H and O–H groups in total. The van der Waals surface area contributed by atoms with Crippen LogP contribution in [0.4, 0.5) is 0 Å². The molecular weight excluding hydrogens is 138 g/mol. The molecule has 0 aliphatic carbocycles. The van der Waals surface area contributed by atoms with Crippen molar-refractivity contribution in [2.75, 3.05) is 6.61 Å². The van der Waals surface area contributed by atoms with E-state index in [1.54, 1.807) is 0 Å². The lowest BCUT2D eigenvalue weighted by Crippen LogP contribution is -2.33. The third-order valence-corrected chi connectivity index (χ3v) is 2.43.